The molecule has 34 heavy (non-hydrogen) atoms. The highest BCUT2D eigenvalue weighted by atomic mass is 35.5. The number of primary amides is 1. The summed E-state index contributed by atoms with van der Waals surface area (Å²) in [7, 11) is -3.91. The van der Waals surface area contributed by atoms with Gasteiger partial charge in [0.25, 0.3) is 5.91 Å². The van der Waals surface area contributed by atoms with Gasteiger partial charge in [0.2, 0.25) is 10.0 Å². The Bertz CT molecular complexity index is 1280. The molecule has 1 amide bonds. The van der Waals surface area contributed by atoms with Gasteiger partial charge in [-0.3, -0.25) is 4.79 Å². The number of hydrogen-bond acceptors (Lipinski definition) is 4. The van der Waals surface area contributed by atoms with Gasteiger partial charge in [0, 0.05) is 5.02 Å². The van der Waals surface area contributed by atoms with Gasteiger partial charge in [-0.25, -0.2) is 13.1 Å². The second kappa shape index (κ2) is 10.0. The monoisotopic (exact) mass is 512 g/mol. The van der Waals surface area contributed by atoms with E-state index in [0.29, 0.717) is 16.1 Å². The minimum atomic E-state index is -4.43. The van der Waals surface area contributed by atoms with Gasteiger partial charge in [-0.1, -0.05) is 35.9 Å². The summed E-state index contributed by atoms with van der Waals surface area (Å²) < 4.78 is 71.6. The first kappa shape index (κ1) is 25.5. The highest BCUT2D eigenvalue weighted by Crippen LogP contribution is 2.31. The summed E-state index contributed by atoms with van der Waals surface area (Å²) in [5.74, 6) is -0.567. The van der Waals surface area contributed by atoms with Crippen molar-refractivity contribution in [1.29, 1.82) is 0 Å². The highest BCUT2D eigenvalue weighted by Gasteiger charge is 2.30. The van der Waals surface area contributed by atoms with Crippen molar-refractivity contribution in [2.24, 2.45) is 5.73 Å². The second-order valence-corrected chi connectivity index (χ2v) is 9.59. The van der Waals surface area contributed by atoms with E-state index in [2.05, 4.69) is 4.72 Å². The van der Waals surface area contributed by atoms with E-state index in [1.807, 2.05) is 0 Å². The van der Waals surface area contributed by atoms with Gasteiger partial charge in [-0.15, -0.1) is 0 Å². The molecule has 0 fully saturated rings. The van der Waals surface area contributed by atoms with Crippen LogP contribution in [-0.2, 0) is 16.2 Å². The van der Waals surface area contributed by atoms with Gasteiger partial charge in [0.05, 0.1) is 22.1 Å². The molecule has 0 heterocycles. The lowest BCUT2D eigenvalue weighted by Crippen LogP contribution is -2.36. The molecule has 0 saturated heterocycles. The molecule has 3 aromatic rings. The topological polar surface area (TPSA) is 98.5 Å². The van der Waals surface area contributed by atoms with Crippen LogP contribution in [0.2, 0.25) is 5.02 Å². The molecule has 11 heteroatoms. The number of alkyl halides is 3. The number of sulfonamides is 1. The summed E-state index contributed by atoms with van der Waals surface area (Å²) >= 11 is 5.85. The molecule has 0 spiro atoms. The van der Waals surface area contributed by atoms with Gasteiger partial charge in [-0.2, -0.15) is 13.2 Å². The zero-order valence-corrected chi connectivity index (χ0v) is 19.3. The fourth-order valence-corrected chi connectivity index (χ4v) is 4.48. The van der Waals surface area contributed by atoms with Crippen LogP contribution in [0, 0.1) is 0 Å². The molecular weight excluding hydrogens is 493 g/mol. The molecule has 3 rings (SSSR count). The molecular formula is C23H20ClF3N2O4S. The largest absolute Gasteiger partial charge is 0.491 e. The minimum absolute atomic E-state index is 0.0284. The zero-order valence-electron chi connectivity index (χ0n) is 17.8. The van der Waals surface area contributed by atoms with Crippen molar-refractivity contribution in [3.05, 3.63) is 82.9 Å². The molecule has 0 radical (unpaired) electrons. The predicted octanol–water partition coefficient (Wildman–Crippen LogP) is 4.87. The van der Waals surface area contributed by atoms with Crippen LogP contribution in [0.1, 0.15) is 22.8 Å². The summed E-state index contributed by atoms with van der Waals surface area (Å²) in [6.45, 7) is 1.48. The molecule has 0 aliphatic heterocycles. The number of nitrogens with one attached hydrogen (secondary N) is 1. The molecule has 0 aliphatic rings. The number of benzene rings is 3. The Morgan fingerprint density at radius 3 is 2.12 bits per heavy atom. The van der Waals surface area contributed by atoms with E-state index >= 15 is 0 Å². The first-order valence-corrected chi connectivity index (χ1v) is 11.7. The van der Waals surface area contributed by atoms with Crippen LogP contribution in [0.3, 0.4) is 0 Å². The van der Waals surface area contributed by atoms with Gasteiger partial charge < -0.3 is 10.5 Å². The maximum atomic E-state index is 12.7. The maximum absolute atomic E-state index is 12.7. The molecule has 1 atom stereocenters. The normalized spacial score (nSPS) is 12.9. The van der Waals surface area contributed by atoms with Crippen molar-refractivity contribution in [2.45, 2.75) is 24.0 Å². The molecule has 6 nitrogen and oxygen atoms in total. The Kier molecular flexibility index (Phi) is 7.54. The summed E-state index contributed by atoms with van der Waals surface area (Å²) in [4.78, 5) is 11.5. The third-order valence-corrected chi connectivity index (χ3v) is 6.60. The Labute approximate surface area is 199 Å². The van der Waals surface area contributed by atoms with Crippen LogP contribution in [0.25, 0.3) is 11.1 Å². The molecule has 3 N–H and O–H groups in total. The van der Waals surface area contributed by atoms with Gasteiger partial charge in [-0.05, 0) is 60.5 Å². The average Bonchev–Trinajstić information content (AvgIpc) is 2.77. The maximum Gasteiger partial charge on any atom is 0.416 e. The van der Waals surface area contributed by atoms with Gasteiger partial charge in [0.1, 0.15) is 12.4 Å². The van der Waals surface area contributed by atoms with Crippen LogP contribution in [0.4, 0.5) is 13.2 Å². The number of carbonyl (C=O) groups is 1. The lowest BCUT2D eigenvalue weighted by atomic mass is 10.0. The molecule has 0 unspecified atom stereocenters. The van der Waals surface area contributed by atoms with E-state index in [-0.39, 0.29) is 22.8 Å². The molecule has 0 bridgehead atoms. The van der Waals surface area contributed by atoms with Crippen molar-refractivity contribution < 1.29 is 31.1 Å². The van der Waals surface area contributed by atoms with Crippen molar-refractivity contribution in [1.82, 2.24) is 4.72 Å². The zero-order chi connectivity index (χ0) is 25.1. The van der Waals surface area contributed by atoms with Crippen molar-refractivity contribution in [3.63, 3.8) is 0 Å². The highest BCUT2D eigenvalue weighted by molar-refractivity contribution is 7.89. The lowest BCUT2D eigenvalue weighted by Gasteiger charge is -2.17. The van der Waals surface area contributed by atoms with Crippen molar-refractivity contribution >= 4 is 27.5 Å². The standard InChI is InChI=1S/C23H20ClF3N2O4S/c1-14(13-33-21-11-8-18(24)12-20(21)22(28)30)29-34(31,32)19-9-4-16(5-10-19)15-2-6-17(7-3-15)23(25,26)27/h2-12,14,29H,13H2,1H3,(H2,28,30)/t14-/m0/s1. The van der Waals surface area contributed by atoms with E-state index in [1.54, 1.807) is 6.92 Å². The Morgan fingerprint density at radius 2 is 1.59 bits per heavy atom. The number of halogens is 4. The van der Waals surface area contributed by atoms with Crippen molar-refractivity contribution in [3.8, 4) is 16.9 Å². The summed E-state index contributed by atoms with van der Waals surface area (Å²) in [6.07, 6.45) is -4.43. The van der Waals surface area contributed by atoms with Crippen LogP contribution < -0.4 is 15.2 Å². The van der Waals surface area contributed by atoms with Crippen molar-refractivity contribution in [2.75, 3.05) is 6.61 Å². The van der Waals surface area contributed by atoms with Gasteiger partial charge >= 0.3 is 6.18 Å². The fourth-order valence-electron chi connectivity index (χ4n) is 3.08. The van der Waals surface area contributed by atoms with E-state index in [4.69, 9.17) is 22.1 Å². The lowest BCUT2D eigenvalue weighted by molar-refractivity contribution is -0.137. The van der Waals surface area contributed by atoms with Crippen LogP contribution in [0.15, 0.2) is 71.6 Å². The minimum Gasteiger partial charge on any atom is -0.491 e. The molecule has 0 aliphatic carbocycles. The smallest absolute Gasteiger partial charge is 0.416 e. The van der Waals surface area contributed by atoms with E-state index in [9.17, 15) is 26.4 Å². The summed E-state index contributed by atoms with van der Waals surface area (Å²) in [6, 6.07) is 13.9. The number of amides is 1. The fraction of sp³-hybridized carbons (Fsp3) is 0.174. The predicted molar refractivity (Wildman–Crippen MR) is 122 cm³/mol. The Morgan fingerprint density at radius 1 is 1.03 bits per heavy atom. The second-order valence-electron chi connectivity index (χ2n) is 7.44. The molecule has 3 aromatic carbocycles. The van der Waals surface area contributed by atoms with Crippen LogP contribution in [-0.4, -0.2) is 27.0 Å². The quantitative estimate of drug-likeness (QED) is 0.450. The summed E-state index contributed by atoms with van der Waals surface area (Å²) in [5.41, 5.74) is 5.69. The number of rotatable bonds is 8. The molecule has 0 aromatic heterocycles. The Hall–Kier alpha value is -3.08. The summed E-state index contributed by atoms with van der Waals surface area (Å²) in [5, 5.41) is 0.301. The van der Waals surface area contributed by atoms with Crippen LogP contribution >= 0.6 is 11.6 Å². The van der Waals surface area contributed by atoms with Gasteiger partial charge in [0.15, 0.2) is 0 Å². The van der Waals surface area contributed by atoms with Crippen LogP contribution in [0.5, 0.6) is 5.75 Å². The number of nitrogens with two attached hydrogens (primary N) is 1. The molecule has 0 saturated carbocycles. The number of hydrogen-bond donors (Lipinski definition) is 2. The third-order valence-electron chi connectivity index (χ3n) is 4.76. The first-order valence-electron chi connectivity index (χ1n) is 9.89. The molecule has 180 valence electrons. The number of carbonyl (C=O) groups excluding carboxylic acids is 1. The van der Waals surface area contributed by atoms with E-state index in [1.165, 1.54) is 54.6 Å². The Balaban J connectivity index is 1.66. The van der Waals surface area contributed by atoms with E-state index in [0.717, 1.165) is 12.1 Å². The third kappa shape index (κ3) is 6.28. The SMILES string of the molecule is C[C@@H](COc1ccc(Cl)cc1C(N)=O)NS(=O)(=O)c1ccc(-c2ccc(C(F)(F)F)cc2)cc1. The number of ether oxygens (including phenoxy) is 1. The van der Waals surface area contributed by atoms with E-state index < -0.39 is 33.7 Å². The average molecular weight is 513 g/mol. The first-order chi connectivity index (χ1) is 15.9.